The molecule has 92 valence electrons. The SMILES string of the molecule is Cc1cc(Cl)nc(-c2cc(Cl)c3c(c2)OCO3)n1. The zero-order valence-electron chi connectivity index (χ0n) is 9.41. The average Bonchev–Trinajstić information content (AvgIpc) is 2.76. The van der Waals surface area contributed by atoms with Gasteiger partial charge in [0.1, 0.15) is 5.15 Å². The van der Waals surface area contributed by atoms with E-state index in [0.717, 1.165) is 11.3 Å². The Kier molecular flexibility index (Phi) is 2.76. The van der Waals surface area contributed by atoms with Crippen LogP contribution >= 0.6 is 23.2 Å². The van der Waals surface area contributed by atoms with Crippen molar-refractivity contribution in [3.05, 3.63) is 34.1 Å². The van der Waals surface area contributed by atoms with E-state index in [9.17, 15) is 0 Å². The van der Waals surface area contributed by atoms with Crippen molar-refractivity contribution in [3.63, 3.8) is 0 Å². The Balaban J connectivity index is 2.15. The first-order chi connectivity index (χ1) is 8.63. The Labute approximate surface area is 113 Å². The van der Waals surface area contributed by atoms with Gasteiger partial charge in [-0.05, 0) is 25.1 Å². The smallest absolute Gasteiger partial charge is 0.231 e. The van der Waals surface area contributed by atoms with Crippen molar-refractivity contribution >= 4 is 23.2 Å². The van der Waals surface area contributed by atoms with Crippen molar-refractivity contribution in [2.24, 2.45) is 0 Å². The quantitative estimate of drug-likeness (QED) is 0.751. The molecule has 0 amide bonds. The summed E-state index contributed by atoms with van der Waals surface area (Å²) in [6.45, 7) is 2.03. The molecule has 2 heterocycles. The highest BCUT2D eigenvalue weighted by molar-refractivity contribution is 6.32. The minimum absolute atomic E-state index is 0.175. The van der Waals surface area contributed by atoms with Gasteiger partial charge in [0, 0.05) is 11.3 Å². The van der Waals surface area contributed by atoms with E-state index in [-0.39, 0.29) is 6.79 Å². The number of nitrogens with zero attached hydrogens (tertiary/aromatic N) is 2. The second-order valence-electron chi connectivity index (χ2n) is 3.85. The van der Waals surface area contributed by atoms with Gasteiger partial charge in [0.2, 0.25) is 6.79 Å². The Morgan fingerprint density at radius 1 is 1.11 bits per heavy atom. The van der Waals surface area contributed by atoms with Crippen molar-refractivity contribution < 1.29 is 9.47 Å². The number of benzene rings is 1. The van der Waals surface area contributed by atoms with E-state index in [1.165, 1.54) is 0 Å². The number of hydrogen-bond acceptors (Lipinski definition) is 4. The first kappa shape index (κ1) is 11.6. The number of rotatable bonds is 1. The maximum absolute atomic E-state index is 6.11. The molecule has 0 radical (unpaired) electrons. The molecule has 1 aliphatic heterocycles. The largest absolute Gasteiger partial charge is 0.454 e. The molecule has 1 aromatic carbocycles. The van der Waals surface area contributed by atoms with Crippen LogP contribution in [0.3, 0.4) is 0 Å². The second kappa shape index (κ2) is 4.30. The van der Waals surface area contributed by atoms with Crippen LogP contribution in [0.1, 0.15) is 5.69 Å². The van der Waals surface area contributed by atoms with Crippen molar-refractivity contribution in [1.29, 1.82) is 0 Å². The van der Waals surface area contributed by atoms with Gasteiger partial charge in [-0.25, -0.2) is 9.97 Å². The number of aromatic nitrogens is 2. The van der Waals surface area contributed by atoms with Crippen LogP contribution in [0.25, 0.3) is 11.4 Å². The van der Waals surface area contributed by atoms with Crippen molar-refractivity contribution in [3.8, 4) is 22.9 Å². The van der Waals surface area contributed by atoms with Gasteiger partial charge < -0.3 is 9.47 Å². The van der Waals surface area contributed by atoms with Gasteiger partial charge in [0.15, 0.2) is 17.3 Å². The molecule has 0 fully saturated rings. The molecule has 0 atom stereocenters. The zero-order valence-corrected chi connectivity index (χ0v) is 10.9. The highest BCUT2D eigenvalue weighted by Crippen LogP contribution is 2.41. The lowest BCUT2D eigenvalue weighted by Crippen LogP contribution is -1.93. The molecule has 0 aliphatic carbocycles. The molecule has 1 aromatic heterocycles. The molecule has 3 rings (SSSR count). The highest BCUT2D eigenvalue weighted by Gasteiger charge is 2.19. The van der Waals surface area contributed by atoms with Crippen LogP contribution in [0.2, 0.25) is 10.2 Å². The summed E-state index contributed by atoms with van der Waals surface area (Å²) in [6.07, 6.45) is 0. The third kappa shape index (κ3) is 1.98. The topological polar surface area (TPSA) is 44.2 Å². The van der Waals surface area contributed by atoms with Crippen molar-refractivity contribution in [1.82, 2.24) is 9.97 Å². The average molecular weight is 283 g/mol. The van der Waals surface area contributed by atoms with Crippen LogP contribution in [0.4, 0.5) is 0 Å². The number of hydrogen-bond donors (Lipinski definition) is 0. The fourth-order valence-electron chi connectivity index (χ4n) is 1.76. The lowest BCUT2D eigenvalue weighted by Gasteiger charge is -2.05. The fourth-order valence-corrected chi connectivity index (χ4v) is 2.26. The van der Waals surface area contributed by atoms with Crippen LogP contribution in [-0.2, 0) is 0 Å². The molecular formula is C12H8Cl2N2O2. The third-order valence-corrected chi connectivity index (χ3v) is 2.98. The van der Waals surface area contributed by atoms with E-state index < -0.39 is 0 Å². The fraction of sp³-hybridized carbons (Fsp3) is 0.167. The lowest BCUT2D eigenvalue weighted by molar-refractivity contribution is 0.174. The van der Waals surface area contributed by atoms with Crippen molar-refractivity contribution in [2.45, 2.75) is 6.92 Å². The Morgan fingerprint density at radius 3 is 2.72 bits per heavy atom. The molecule has 2 aromatic rings. The molecule has 0 unspecified atom stereocenters. The number of fused-ring (bicyclic) bond motifs is 1. The lowest BCUT2D eigenvalue weighted by atomic mass is 10.2. The van der Waals surface area contributed by atoms with Crippen LogP contribution < -0.4 is 9.47 Å². The number of aryl methyl sites for hydroxylation is 1. The van der Waals surface area contributed by atoms with Gasteiger partial charge in [-0.1, -0.05) is 23.2 Å². The Hall–Kier alpha value is -1.52. The molecule has 0 bridgehead atoms. The number of ether oxygens (including phenoxy) is 2. The van der Waals surface area contributed by atoms with Crippen LogP contribution in [0, 0.1) is 6.92 Å². The van der Waals surface area contributed by atoms with Crippen LogP contribution in [-0.4, -0.2) is 16.8 Å². The van der Waals surface area contributed by atoms with E-state index in [1.54, 1.807) is 18.2 Å². The predicted octanol–water partition coefficient (Wildman–Crippen LogP) is 3.49. The molecule has 18 heavy (non-hydrogen) atoms. The maximum Gasteiger partial charge on any atom is 0.231 e. The molecule has 0 N–H and O–H groups in total. The van der Waals surface area contributed by atoms with Gasteiger partial charge in [0.05, 0.1) is 5.02 Å². The maximum atomic E-state index is 6.11. The summed E-state index contributed by atoms with van der Waals surface area (Å²) in [6, 6.07) is 5.22. The first-order valence-corrected chi connectivity index (χ1v) is 6.00. The van der Waals surface area contributed by atoms with E-state index in [4.69, 9.17) is 32.7 Å². The Morgan fingerprint density at radius 2 is 1.94 bits per heavy atom. The number of halogens is 2. The van der Waals surface area contributed by atoms with Gasteiger partial charge in [0.25, 0.3) is 0 Å². The molecule has 6 heteroatoms. The third-order valence-electron chi connectivity index (χ3n) is 2.51. The molecule has 0 spiro atoms. The zero-order chi connectivity index (χ0) is 12.7. The minimum Gasteiger partial charge on any atom is -0.454 e. The second-order valence-corrected chi connectivity index (χ2v) is 4.64. The standard InChI is InChI=1S/C12H8Cl2N2O2/c1-6-2-10(14)16-12(15-6)7-3-8(13)11-9(4-7)17-5-18-11/h2-4H,5H2,1H3. The molecule has 1 aliphatic rings. The summed E-state index contributed by atoms with van der Waals surface area (Å²) in [5.41, 5.74) is 1.54. The van der Waals surface area contributed by atoms with E-state index >= 15 is 0 Å². The van der Waals surface area contributed by atoms with Gasteiger partial charge in [-0.3, -0.25) is 0 Å². The van der Waals surface area contributed by atoms with E-state index in [1.807, 2.05) is 6.92 Å². The summed E-state index contributed by atoms with van der Waals surface area (Å²) in [7, 11) is 0. The Bertz CT molecular complexity index is 611. The van der Waals surface area contributed by atoms with Gasteiger partial charge in [-0.2, -0.15) is 0 Å². The summed E-state index contributed by atoms with van der Waals surface area (Å²) < 4.78 is 10.6. The summed E-state index contributed by atoms with van der Waals surface area (Å²) >= 11 is 12.0. The van der Waals surface area contributed by atoms with Crippen LogP contribution in [0.5, 0.6) is 11.5 Å². The van der Waals surface area contributed by atoms with Crippen LogP contribution in [0.15, 0.2) is 18.2 Å². The monoisotopic (exact) mass is 282 g/mol. The predicted molar refractivity (Wildman–Crippen MR) is 68.3 cm³/mol. The first-order valence-electron chi connectivity index (χ1n) is 5.24. The normalized spacial score (nSPS) is 12.8. The van der Waals surface area contributed by atoms with E-state index in [2.05, 4.69) is 9.97 Å². The summed E-state index contributed by atoms with van der Waals surface area (Å²) in [5, 5.41) is 0.868. The van der Waals surface area contributed by atoms with Gasteiger partial charge in [-0.15, -0.1) is 0 Å². The highest BCUT2D eigenvalue weighted by atomic mass is 35.5. The molecular weight excluding hydrogens is 275 g/mol. The minimum atomic E-state index is 0.175. The molecule has 0 saturated heterocycles. The molecule has 0 saturated carbocycles. The van der Waals surface area contributed by atoms with Crippen molar-refractivity contribution in [2.75, 3.05) is 6.79 Å². The van der Waals surface area contributed by atoms with E-state index in [0.29, 0.717) is 27.5 Å². The summed E-state index contributed by atoms with van der Waals surface area (Å²) in [4.78, 5) is 8.49. The summed E-state index contributed by atoms with van der Waals surface area (Å²) in [5.74, 6) is 1.66. The molecule has 4 nitrogen and oxygen atoms in total. The van der Waals surface area contributed by atoms with Gasteiger partial charge >= 0.3 is 0 Å².